The summed E-state index contributed by atoms with van der Waals surface area (Å²) < 4.78 is 31.3. The summed E-state index contributed by atoms with van der Waals surface area (Å²) in [5.74, 6) is 0.963. The van der Waals surface area contributed by atoms with E-state index < -0.39 is 5.82 Å². The van der Waals surface area contributed by atoms with Gasteiger partial charge in [-0.05, 0) is 39.3 Å². The van der Waals surface area contributed by atoms with Gasteiger partial charge >= 0.3 is 6.09 Å². The van der Waals surface area contributed by atoms with Crippen molar-refractivity contribution in [1.29, 1.82) is 0 Å². The Morgan fingerprint density at radius 2 is 2.03 bits per heavy atom. The van der Waals surface area contributed by atoms with Crippen LogP contribution in [0.5, 0.6) is 11.6 Å². The van der Waals surface area contributed by atoms with E-state index in [9.17, 15) is 9.18 Å². The molecular weight excluding hydrogens is 415 g/mol. The molecule has 32 heavy (non-hydrogen) atoms. The quantitative estimate of drug-likeness (QED) is 0.621. The number of carbonyl (C=O) groups is 1. The van der Waals surface area contributed by atoms with Crippen molar-refractivity contribution in [2.45, 2.75) is 59.2 Å². The van der Waals surface area contributed by atoms with Crippen LogP contribution in [-0.2, 0) is 4.74 Å². The summed E-state index contributed by atoms with van der Waals surface area (Å²) in [5, 5.41) is 3.01. The molecule has 0 radical (unpaired) electrons. The maximum atomic E-state index is 14.5. The molecule has 1 saturated heterocycles. The molecule has 174 valence electrons. The van der Waals surface area contributed by atoms with Crippen LogP contribution in [0.2, 0.25) is 0 Å². The third kappa shape index (κ3) is 6.21. The molecule has 2 heterocycles. The van der Waals surface area contributed by atoms with Crippen LogP contribution in [0.15, 0.2) is 24.5 Å². The predicted octanol–water partition coefficient (Wildman–Crippen LogP) is 4.84. The number of nitrogens with one attached hydrogen (secondary N) is 1. The number of amides is 1. The number of halogens is 1. The van der Waals surface area contributed by atoms with E-state index in [1.54, 1.807) is 17.0 Å². The average molecular weight is 447 g/mol. The summed E-state index contributed by atoms with van der Waals surface area (Å²) >= 11 is 0. The normalized spacial score (nSPS) is 14.4. The van der Waals surface area contributed by atoms with Gasteiger partial charge in [0.15, 0.2) is 0 Å². The lowest BCUT2D eigenvalue weighted by Gasteiger charge is -2.32. The van der Waals surface area contributed by atoms with E-state index in [1.165, 1.54) is 12.4 Å². The van der Waals surface area contributed by atoms with Gasteiger partial charge in [0.1, 0.15) is 29.8 Å². The highest BCUT2D eigenvalue weighted by Crippen LogP contribution is 2.29. The minimum Gasteiger partial charge on any atom is -0.493 e. The third-order valence-electron chi connectivity index (χ3n) is 5.02. The van der Waals surface area contributed by atoms with Crippen LogP contribution in [0.3, 0.4) is 0 Å². The number of likely N-dealkylation sites (tertiary alicyclic amines) is 1. The molecule has 3 rings (SSSR count). The highest BCUT2D eigenvalue weighted by molar-refractivity contribution is 5.68. The highest BCUT2D eigenvalue weighted by Gasteiger charge is 2.26. The van der Waals surface area contributed by atoms with E-state index in [0.29, 0.717) is 61.2 Å². The Balaban J connectivity index is 1.61. The lowest BCUT2D eigenvalue weighted by Crippen LogP contribution is -2.42. The molecule has 1 N–H and O–H groups in total. The lowest BCUT2D eigenvalue weighted by molar-refractivity contribution is 0.0505. The molecule has 1 fully saturated rings. The first-order chi connectivity index (χ1) is 15.4. The van der Waals surface area contributed by atoms with Crippen LogP contribution < -0.4 is 14.8 Å². The van der Waals surface area contributed by atoms with E-state index in [2.05, 4.69) is 15.3 Å². The second kappa shape index (κ2) is 11.0. The number of hydrogen-bond donors (Lipinski definition) is 1. The van der Waals surface area contributed by atoms with Crippen molar-refractivity contribution in [1.82, 2.24) is 14.9 Å². The van der Waals surface area contributed by atoms with Crippen LogP contribution in [0.4, 0.5) is 20.7 Å². The molecule has 0 spiro atoms. The van der Waals surface area contributed by atoms with Crippen molar-refractivity contribution in [3.8, 4) is 11.6 Å². The van der Waals surface area contributed by atoms with Crippen LogP contribution in [0, 0.1) is 12.7 Å². The summed E-state index contributed by atoms with van der Waals surface area (Å²) in [6.45, 7) is 9.13. The van der Waals surface area contributed by atoms with Crippen LogP contribution in [0.1, 0.15) is 45.6 Å². The molecule has 0 aliphatic carbocycles. The van der Waals surface area contributed by atoms with E-state index >= 15 is 0 Å². The average Bonchev–Trinajstić information content (AvgIpc) is 2.76. The van der Waals surface area contributed by atoms with Gasteiger partial charge in [-0.15, -0.1) is 0 Å². The maximum Gasteiger partial charge on any atom is 0.410 e. The molecule has 1 aliphatic heterocycles. The molecule has 1 aromatic carbocycles. The molecular formula is C23H31FN4O4. The van der Waals surface area contributed by atoms with Gasteiger partial charge in [0.05, 0.1) is 24.0 Å². The van der Waals surface area contributed by atoms with E-state index in [0.717, 1.165) is 6.42 Å². The van der Waals surface area contributed by atoms with Crippen molar-refractivity contribution in [3.05, 3.63) is 35.9 Å². The van der Waals surface area contributed by atoms with Crippen molar-refractivity contribution in [2.75, 3.05) is 25.0 Å². The number of ether oxygens (including phenoxy) is 3. The Morgan fingerprint density at radius 1 is 1.28 bits per heavy atom. The first-order valence-corrected chi connectivity index (χ1v) is 11.0. The van der Waals surface area contributed by atoms with Crippen molar-refractivity contribution < 1.29 is 23.4 Å². The van der Waals surface area contributed by atoms with Crippen molar-refractivity contribution in [3.63, 3.8) is 0 Å². The van der Waals surface area contributed by atoms with Gasteiger partial charge in [-0.2, -0.15) is 0 Å². The number of carbonyl (C=O) groups excluding carboxylic acids is 1. The third-order valence-corrected chi connectivity index (χ3v) is 5.02. The summed E-state index contributed by atoms with van der Waals surface area (Å²) in [6.07, 6.45) is 3.07. The number of benzene rings is 1. The topological polar surface area (TPSA) is 85.8 Å². The fraction of sp³-hybridized carbons (Fsp3) is 0.522. The Hall–Kier alpha value is -3.10. The van der Waals surface area contributed by atoms with Gasteiger partial charge in [0, 0.05) is 32.0 Å². The first kappa shape index (κ1) is 23.6. The molecule has 8 nitrogen and oxygen atoms in total. The molecule has 0 bridgehead atoms. The van der Waals surface area contributed by atoms with Crippen LogP contribution >= 0.6 is 0 Å². The van der Waals surface area contributed by atoms with Crippen LogP contribution in [0.25, 0.3) is 0 Å². The number of hydrogen-bond acceptors (Lipinski definition) is 7. The minimum atomic E-state index is -0.431. The number of aromatic nitrogens is 2. The smallest absolute Gasteiger partial charge is 0.410 e. The largest absolute Gasteiger partial charge is 0.493 e. The Labute approximate surface area is 188 Å². The highest BCUT2D eigenvalue weighted by atomic mass is 19.1. The van der Waals surface area contributed by atoms with E-state index in [1.807, 2.05) is 27.7 Å². The van der Waals surface area contributed by atoms with Gasteiger partial charge in [-0.3, -0.25) is 0 Å². The maximum absolute atomic E-state index is 14.5. The van der Waals surface area contributed by atoms with Gasteiger partial charge in [0.2, 0.25) is 5.88 Å². The lowest BCUT2D eigenvalue weighted by atomic mass is 10.1. The standard InChI is InChI=1S/C23H31FN4O4/c1-5-12-30-18-6-7-20(19(24)13-18)27-21-16(4)22(26-14-25-21)32-17-8-10-28(11-9-17)23(29)31-15(2)3/h6-7,13-15,17H,5,8-12H2,1-4H3,(H,25,26,27). The molecule has 0 unspecified atom stereocenters. The second-order valence-corrected chi connectivity index (χ2v) is 8.00. The van der Waals surface area contributed by atoms with Gasteiger partial charge in [-0.1, -0.05) is 6.92 Å². The van der Waals surface area contributed by atoms with E-state index in [4.69, 9.17) is 14.2 Å². The fourth-order valence-electron chi connectivity index (χ4n) is 3.30. The fourth-order valence-corrected chi connectivity index (χ4v) is 3.30. The number of rotatable bonds is 8. The predicted molar refractivity (Wildman–Crippen MR) is 119 cm³/mol. The van der Waals surface area contributed by atoms with Crippen LogP contribution in [-0.4, -0.2) is 52.9 Å². The molecule has 1 aromatic heterocycles. The van der Waals surface area contributed by atoms with Gasteiger partial charge in [-0.25, -0.2) is 19.2 Å². The zero-order chi connectivity index (χ0) is 23.1. The summed E-state index contributed by atoms with van der Waals surface area (Å²) in [6, 6.07) is 4.69. The first-order valence-electron chi connectivity index (χ1n) is 11.0. The zero-order valence-electron chi connectivity index (χ0n) is 19.1. The van der Waals surface area contributed by atoms with Gasteiger partial charge in [0.25, 0.3) is 0 Å². The summed E-state index contributed by atoms with van der Waals surface area (Å²) in [7, 11) is 0. The molecule has 9 heteroatoms. The summed E-state index contributed by atoms with van der Waals surface area (Å²) in [4.78, 5) is 22.2. The number of nitrogens with zero attached hydrogens (tertiary/aromatic N) is 3. The van der Waals surface area contributed by atoms with Crippen molar-refractivity contribution >= 4 is 17.6 Å². The van der Waals surface area contributed by atoms with E-state index in [-0.39, 0.29) is 18.3 Å². The molecule has 2 aromatic rings. The SMILES string of the molecule is CCCOc1ccc(Nc2ncnc(OC3CCN(C(=O)OC(C)C)CC3)c2C)c(F)c1. The Kier molecular flexibility index (Phi) is 8.08. The van der Waals surface area contributed by atoms with Gasteiger partial charge < -0.3 is 24.4 Å². The zero-order valence-corrected chi connectivity index (χ0v) is 19.1. The molecule has 0 saturated carbocycles. The minimum absolute atomic E-state index is 0.0775. The summed E-state index contributed by atoms with van der Waals surface area (Å²) in [5.41, 5.74) is 0.971. The molecule has 0 atom stereocenters. The number of anilines is 2. The van der Waals surface area contributed by atoms with Crippen molar-refractivity contribution in [2.24, 2.45) is 0 Å². The Morgan fingerprint density at radius 3 is 2.69 bits per heavy atom. The monoisotopic (exact) mass is 446 g/mol. The molecule has 1 amide bonds. The molecule has 1 aliphatic rings. The Bertz CT molecular complexity index is 917. The number of piperidine rings is 1. The second-order valence-electron chi connectivity index (χ2n) is 8.00.